The molecule has 0 aliphatic carbocycles. The number of hydrogen-bond donors (Lipinski definition) is 2. The first kappa shape index (κ1) is 19.9. The van der Waals surface area contributed by atoms with Gasteiger partial charge in [-0.2, -0.15) is 0 Å². The number of nitrogens with zero attached hydrogens (tertiary/aromatic N) is 1. The number of rotatable bonds is 5. The Labute approximate surface area is 166 Å². The van der Waals surface area contributed by atoms with Crippen molar-refractivity contribution in [3.05, 3.63) is 59.2 Å². The Morgan fingerprint density at radius 3 is 2.46 bits per heavy atom. The molecule has 1 aliphatic heterocycles. The summed E-state index contributed by atoms with van der Waals surface area (Å²) in [6.45, 7) is 8.17. The van der Waals surface area contributed by atoms with Crippen molar-refractivity contribution in [1.82, 2.24) is 0 Å². The van der Waals surface area contributed by atoms with Gasteiger partial charge in [0.1, 0.15) is 0 Å². The van der Waals surface area contributed by atoms with Crippen LogP contribution in [0.25, 0.3) is 0 Å². The van der Waals surface area contributed by atoms with E-state index in [1.54, 1.807) is 12.1 Å². The molecule has 2 N–H and O–H groups in total. The molecule has 2 aromatic carbocycles. The molecule has 0 aromatic heterocycles. The van der Waals surface area contributed by atoms with Crippen LogP contribution < -0.4 is 15.1 Å². The van der Waals surface area contributed by atoms with Gasteiger partial charge >= 0.3 is 5.97 Å². The molecule has 1 heterocycles. The number of methoxy groups -OCH3 is 1. The van der Waals surface area contributed by atoms with Gasteiger partial charge in [-0.3, -0.25) is 4.79 Å². The molecule has 0 saturated carbocycles. The summed E-state index contributed by atoms with van der Waals surface area (Å²) in [5, 5.41) is 2.95. The van der Waals surface area contributed by atoms with E-state index in [1.165, 1.54) is 23.3 Å². The molecule has 0 atom stereocenters. The number of para-hydroxylation sites is 1. The average Bonchev–Trinajstić information content (AvgIpc) is 2.70. The summed E-state index contributed by atoms with van der Waals surface area (Å²) < 4.78 is 4.75. The van der Waals surface area contributed by atoms with Gasteiger partial charge in [0.2, 0.25) is 0 Å². The lowest BCUT2D eigenvalue weighted by Gasteiger charge is -2.34. The van der Waals surface area contributed by atoms with E-state index in [0.717, 1.165) is 31.7 Å². The Balaban J connectivity index is 1.55. The molecule has 6 heteroatoms. The number of benzene rings is 2. The predicted octanol–water partition coefficient (Wildman–Crippen LogP) is 1.43. The summed E-state index contributed by atoms with van der Waals surface area (Å²) in [4.78, 5) is 27.9. The van der Waals surface area contributed by atoms with E-state index in [1.807, 2.05) is 13.0 Å². The first-order valence-corrected chi connectivity index (χ1v) is 9.61. The SMILES string of the molecule is COC(=O)c1ccc(C)c(NC(=O)C[NH+]2CCN(c3ccccc3C)CC2)c1. The quantitative estimate of drug-likeness (QED) is 0.768. The van der Waals surface area contributed by atoms with Crippen LogP contribution in [0.2, 0.25) is 0 Å². The molecule has 6 nitrogen and oxygen atoms in total. The summed E-state index contributed by atoms with van der Waals surface area (Å²) in [5.74, 6) is -0.446. The Hall–Kier alpha value is -2.86. The molecular weight excluding hydrogens is 354 g/mol. The highest BCUT2D eigenvalue weighted by Crippen LogP contribution is 2.19. The van der Waals surface area contributed by atoms with E-state index >= 15 is 0 Å². The van der Waals surface area contributed by atoms with Crippen LogP contribution in [0.5, 0.6) is 0 Å². The maximum Gasteiger partial charge on any atom is 0.337 e. The van der Waals surface area contributed by atoms with E-state index in [4.69, 9.17) is 4.74 Å². The lowest BCUT2D eigenvalue weighted by molar-refractivity contribution is -0.892. The minimum absolute atomic E-state index is 0.0375. The van der Waals surface area contributed by atoms with E-state index in [-0.39, 0.29) is 5.91 Å². The summed E-state index contributed by atoms with van der Waals surface area (Å²) in [7, 11) is 1.35. The van der Waals surface area contributed by atoms with E-state index < -0.39 is 5.97 Å². The van der Waals surface area contributed by atoms with E-state index in [2.05, 4.69) is 41.4 Å². The van der Waals surface area contributed by atoms with Gasteiger partial charge in [0.25, 0.3) is 5.91 Å². The fourth-order valence-electron chi connectivity index (χ4n) is 3.58. The third kappa shape index (κ3) is 4.70. The second-order valence-corrected chi connectivity index (χ2v) is 7.27. The first-order chi connectivity index (χ1) is 13.5. The Morgan fingerprint density at radius 1 is 1.07 bits per heavy atom. The third-order valence-corrected chi connectivity index (χ3v) is 5.27. The average molecular weight is 382 g/mol. The Kier molecular flexibility index (Phi) is 6.31. The second-order valence-electron chi connectivity index (χ2n) is 7.27. The highest BCUT2D eigenvalue weighted by atomic mass is 16.5. The standard InChI is InChI=1S/C22H27N3O3/c1-16-8-9-18(22(27)28-3)14-19(16)23-21(26)15-24-10-12-25(13-11-24)20-7-5-4-6-17(20)2/h4-9,14H,10-13,15H2,1-3H3,(H,23,26)/p+1. The molecule has 1 fully saturated rings. The molecular formula is C22H28N3O3+. The van der Waals surface area contributed by atoms with Crippen molar-refractivity contribution in [3.63, 3.8) is 0 Å². The van der Waals surface area contributed by atoms with Gasteiger partial charge in [0.05, 0.1) is 38.9 Å². The lowest BCUT2D eigenvalue weighted by Crippen LogP contribution is -3.15. The van der Waals surface area contributed by atoms with Crippen molar-refractivity contribution in [2.24, 2.45) is 0 Å². The second kappa shape index (κ2) is 8.89. The van der Waals surface area contributed by atoms with Gasteiger partial charge in [-0.1, -0.05) is 24.3 Å². The molecule has 0 spiro atoms. The number of quaternary nitrogens is 1. The van der Waals surface area contributed by atoms with Gasteiger partial charge < -0.3 is 19.9 Å². The predicted molar refractivity (Wildman–Crippen MR) is 110 cm³/mol. The van der Waals surface area contributed by atoms with E-state index in [0.29, 0.717) is 17.8 Å². The molecule has 0 unspecified atom stereocenters. The van der Waals surface area contributed by atoms with Crippen molar-refractivity contribution < 1.29 is 19.2 Å². The molecule has 0 bridgehead atoms. The van der Waals surface area contributed by atoms with Crippen molar-refractivity contribution >= 4 is 23.3 Å². The number of amides is 1. The normalized spacial score (nSPS) is 14.6. The summed E-state index contributed by atoms with van der Waals surface area (Å²) in [5.41, 5.74) is 4.57. The molecule has 1 saturated heterocycles. The fraction of sp³-hybridized carbons (Fsp3) is 0.364. The van der Waals surface area contributed by atoms with Crippen LogP contribution in [-0.4, -0.2) is 51.7 Å². The third-order valence-electron chi connectivity index (χ3n) is 5.27. The highest BCUT2D eigenvalue weighted by Gasteiger charge is 2.23. The summed E-state index contributed by atoms with van der Waals surface area (Å²) >= 11 is 0. The minimum Gasteiger partial charge on any atom is -0.465 e. The number of hydrogen-bond acceptors (Lipinski definition) is 4. The molecule has 0 radical (unpaired) electrons. The van der Waals surface area contributed by atoms with E-state index in [9.17, 15) is 9.59 Å². The first-order valence-electron chi connectivity index (χ1n) is 9.61. The molecule has 28 heavy (non-hydrogen) atoms. The maximum absolute atomic E-state index is 12.5. The number of esters is 1. The van der Waals surface area contributed by atoms with Crippen molar-refractivity contribution in [3.8, 4) is 0 Å². The maximum atomic E-state index is 12.5. The topological polar surface area (TPSA) is 63.1 Å². The zero-order valence-electron chi connectivity index (χ0n) is 16.7. The van der Waals surface area contributed by atoms with Gasteiger partial charge in [0.15, 0.2) is 6.54 Å². The zero-order chi connectivity index (χ0) is 20.1. The largest absolute Gasteiger partial charge is 0.465 e. The number of ether oxygens (including phenoxy) is 1. The van der Waals surface area contributed by atoms with Gasteiger partial charge in [0, 0.05) is 11.4 Å². The van der Waals surface area contributed by atoms with Crippen molar-refractivity contribution in [2.45, 2.75) is 13.8 Å². The Bertz CT molecular complexity index is 858. The Morgan fingerprint density at radius 2 is 1.79 bits per heavy atom. The number of aryl methyl sites for hydroxylation is 2. The van der Waals surface area contributed by atoms with Crippen LogP contribution in [0, 0.1) is 13.8 Å². The number of anilines is 2. The minimum atomic E-state index is -0.409. The molecule has 2 aromatic rings. The number of carbonyl (C=O) groups is 2. The van der Waals surface area contributed by atoms with Crippen LogP contribution in [0.4, 0.5) is 11.4 Å². The van der Waals surface area contributed by atoms with Crippen LogP contribution in [0.3, 0.4) is 0 Å². The summed E-state index contributed by atoms with van der Waals surface area (Å²) in [6, 6.07) is 13.6. The monoisotopic (exact) mass is 382 g/mol. The number of carbonyl (C=O) groups excluding carboxylic acids is 2. The van der Waals surface area contributed by atoms with Gasteiger partial charge in [-0.05, 0) is 43.2 Å². The van der Waals surface area contributed by atoms with Gasteiger partial charge in [-0.15, -0.1) is 0 Å². The van der Waals surface area contributed by atoms with Crippen LogP contribution in [-0.2, 0) is 9.53 Å². The van der Waals surface area contributed by atoms with Crippen LogP contribution in [0.15, 0.2) is 42.5 Å². The summed E-state index contributed by atoms with van der Waals surface area (Å²) in [6.07, 6.45) is 0. The zero-order valence-corrected chi connectivity index (χ0v) is 16.7. The van der Waals surface area contributed by atoms with Gasteiger partial charge in [-0.25, -0.2) is 4.79 Å². The highest BCUT2D eigenvalue weighted by molar-refractivity contribution is 5.95. The smallest absolute Gasteiger partial charge is 0.337 e. The molecule has 1 amide bonds. The van der Waals surface area contributed by atoms with Crippen LogP contribution >= 0.6 is 0 Å². The fourth-order valence-corrected chi connectivity index (χ4v) is 3.58. The van der Waals surface area contributed by atoms with Crippen LogP contribution in [0.1, 0.15) is 21.5 Å². The number of piperazine rings is 1. The van der Waals surface area contributed by atoms with Crippen molar-refractivity contribution in [1.29, 1.82) is 0 Å². The van der Waals surface area contributed by atoms with Crippen molar-refractivity contribution in [2.75, 3.05) is 50.1 Å². The number of nitrogens with one attached hydrogen (secondary N) is 2. The molecule has 148 valence electrons. The lowest BCUT2D eigenvalue weighted by atomic mass is 10.1. The molecule has 3 rings (SSSR count). The molecule has 1 aliphatic rings.